The van der Waals surface area contributed by atoms with Crippen LogP contribution in [0.4, 0.5) is 0 Å². The highest BCUT2D eigenvalue weighted by Gasteiger charge is 2.19. The largest absolute Gasteiger partial charge is 0.508 e. The average Bonchev–Trinajstić information content (AvgIpc) is 1.82. The summed E-state index contributed by atoms with van der Waals surface area (Å²) in [5.74, 6) is 0.937. The first kappa shape index (κ1) is 11.1. The monoisotopic (exact) mass is 177 g/mol. The van der Waals surface area contributed by atoms with Gasteiger partial charge in [-0.15, -0.1) is 4.52 Å². The van der Waals surface area contributed by atoms with Gasteiger partial charge in [0.1, 0.15) is 6.61 Å². The molecule has 1 atom stereocenters. The highest BCUT2D eigenvalue weighted by atomic mass is 31.1. The maximum atomic E-state index is 11.1. The fraction of sp³-hybridized carbons (Fsp3) is 1.00. The molecule has 0 aliphatic carbocycles. The van der Waals surface area contributed by atoms with Crippen LogP contribution in [0.1, 0.15) is 27.7 Å². The molecule has 0 saturated heterocycles. The molecule has 0 amide bonds. The van der Waals surface area contributed by atoms with Gasteiger partial charge in [-0.3, -0.25) is 0 Å². The van der Waals surface area contributed by atoms with E-state index < -0.39 is 8.03 Å². The molecule has 3 heteroatoms. The zero-order valence-electron chi connectivity index (χ0n) is 7.83. The van der Waals surface area contributed by atoms with Crippen molar-refractivity contribution in [1.82, 2.24) is 0 Å². The Morgan fingerprint density at radius 2 is 1.73 bits per heavy atom. The van der Waals surface area contributed by atoms with Crippen molar-refractivity contribution in [1.29, 1.82) is 0 Å². The van der Waals surface area contributed by atoms with Crippen LogP contribution < -0.4 is 0 Å². The zero-order chi connectivity index (χ0) is 8.85. The first-order valence-corrected chi connectivity index (χ1v) is 5.46. The molecule has 11 heavy (non-hydrogen) atoms. The lowest BCUT2D eigenvalue weighted by molar-refractivity contribution is 0.281. The quantitative estimate of drug-likeness (QED) is 0.603. The molecule has 0 aromatic carbocycles. The predicted molar refractivity (Wildman–Crippen MR) is 48.1 cm³/mol. The second-order valence-corrected chi connectivity index (χ2v) is 4.89. The van der Waals surface area contributed by atoms with Crippen molar-refractivity contribution in [2.45, 2.75) is 27.7 Å². The summed E-state index contributed by atoms with van der Waals surface area (Å²) in [5, 5.41) is 0. The van der Waals surface area contributed by atoms with Crippen molar-refractivity contribution in [3.63, 3.8) is 0 Å². The van der Waals surface area contributed by atoms with Gasteiger partial charge in [0.05, 0.1) is 0 Å². The van der Waals surface area contributed by atoms with Crippen LogP contribution in [0.15, 0.2) is 0 Å². The van der Waals surface area contributed by atoms with E-state index in [1.54, 1.807) is 0 Å². The Kier molecular flexibility index (Phi) is 5.71. The van der Waals surface area contributed by atoms with E-state index in [1.807, 2.05) is 13.8 Å². The van der Waals surface area contributed by atoms with E-state index in [1.165, 1.54) is 0 Å². The van der Waals surface area contributed by atoms with Crippen LogP contribution in [-0.4, -0.2) is 12.8 Å². The summed E-state index contributed by atoms with van der Waals surface area (Å²) in [6.07, 6.45) is 0.683. The van der Waals surface area contributed by atoms with Crippen LogP contribution in [0.3, 0.4) is 0 Å². The molecule has 0 N–H and O–H groups in total. The molecule has 0 spiro atoms. The minimum Gasteiger partial charge on any atom is -0.146 e. The molecule has 66 valence electrons. The number of hydrogen-bond donors (Lipinski definition) is 0. The van der Waals surface area contributed by atoms with Crippen LogP contribution >= 0.6 is 8.03 Å². The van der Waals surface area contributed by atoms with Gasteiger partial charge >= 0.3 is 8.03 Å². The molecule has 0 rings (SSSR count). The van der Waals surface area contributed by atoms with Crippen LogP contribution in [0.2, 0.25) is 0 Å². The zero-order valence-corrected chi connectivity index (χ0v) is 8.73. The fourth-order valence-corrected chi connectivity index (χ4v) is 1.75. The summed E-state index contributed by atoms with van der Waals surface area (Å²) < 4.78 is 16.2. The molecule has 2 nitrogen and oxygen atoms in total. The summed E-state index contributed by atoms with van der Waals surface area (Å²) in [7, 11) is -1.40. The van der Waals surface area contributed by atoms with Crippen LogP contribution in [0.25, 0.3) is 0 Å². The van der Waals surface area contributed by atoms with Crippen LogP contribution in [0, 0.1) is 11.8 Å². The minimum absolute atomic E-state index is 0.464. The second kappa shape index (κ2) is 5.68. The molecule has 0 heterocycles. The SMILES string of the molecule is CC(C)CO[P+](=O)CC(C)C. The Labute approximate surface area is 70.2 Å². The Morgan fingerprint density at radius 3 is 2.09 bits per heavy atom. The van der Waals surface area contributed by atoms with E-state index in [0.717, 1.165) is 0 Å². The molecule has 0 aromatic heterocycles. The van der Waals surface area contributed by atoms with Crippen molar-refractivity contribution in [3.8, 4) is 0 Å². The number of hydrogen-bond acceptors (Lipinski definition) is 2. The topological polar surface area (TPSA) is 26.3 Å². The fourth-order valence-electron chi connectivity index (χ4n) is 0.583. The molecule has 0 fully saturated rings. The molecular weight excluding hydrogens is 159 g/mol. The van der Waals surface area contributed by atoms with Crippen LogP contribution in [0.5, 0.6) is 0 Å². The predicted octanol–water partition coefficient (Wildman–Crippen LogP) is 3.06. The lowest BCUT2D eigenvalue weighted by Gasteiger charge is -1.97. The highest BCUT2D eigenvalue weighted by molar-refractivity contribution is 7.39. The van der Waals surface area contributed by atoms with E-state index in [0.29, 0.717) is 24.6 Å². The molecule has 0 aromatic rings. The van der Waals surface area contributed by atoms with E-state index in [-0.39, 0.29) is 0 Å². The summed E-state index contributed by atoms with van der Waals surface area (Å²) in [5.41, 5.74) is 0. The van der Waals surface area contributed by atoms with Gasteiger partial charge in [0.15, 0.2) is 6.16 Å². The van der Waals surface area contributed by atoms with E-state index >= 15 is 0 Å². The average molecular weight is 177 g/mol. The molecule has 0 saturated carbocycles. The molecule has 1 unspecified atom stereocenters. The molecular formula is C8H18O2P+. The third-order valence-electron chi connectivity index (χ3n) is 1.07. The first-order valence-electron chi connectivity index (χ1n) is 4.10. The Bertz CT molecular complexity index is 121. The van der Waals surface area contributed by atoms with E-state index in [2.05, 4.69) is 13.8 Å². The van der Waals surface area contributed by atoms with Crippen molar-refractivity contribution < 1.29 is 9.09 Å². The summed E-state index contributed by atoms with van der Waals surface area (Å²) >= 11 is 0. The van der Waals surface area contributed by atoms with Gasteiger partial charge in [-0.05, 0) is 10.5 Å². The molecule has 0 radical (unpaired) electrons. The van der Waals surface area contributed by atoms with E-state index in [9.17, 15) is 4.57 Å². The first-order chi connectivity index (χ1) is 5.02. The molecule has 0 aliphatic rings. The normalized spacial score (nSPS) is 12.7. The standard InChI is InChI=1S/C8H18O2P/c1-7(2)5-10-11(9)6-8(3)4/h7-8H,5-6H2,1-4H3/q+1. The van der Waals surface area contributed by atoms with Crippen LogP contribution in [-0.2, 0) is 9.09 Å². The Morgan fingerprint density at radius 1 is 1.18 bits per heavy atom. The smallest absolute Gasteiger partial charge is 0.146 e. The van der Waals surface area contributed by atoms with Crippen molar-refractivity contribution in [2.75, 3.05) is 12.8 Å². The van der Waals surface area contributed by atoms with Gasteiger partial charge in [-0.2, -0.15) is 0 Å². The van der Waals surface area contributed by atoms with Gasteiger partial charge < -0.3 is 0 Å². The van der Waals surface area contributed by atoms with Gasteiger partial charge in [0.25, 0.3) is 0 Å². The summed E-state index contributed by atoms with van der Waals surface area (Å²) in [6.45, 7) is 8.82. The van der Waals surface area contributed by atoms with E-state index in [4.69, 9.17) is 4.52 Å². The van der Waals surface area contributed by atoms with Gasteiger partial charge in [0, 0.05) is 5.92 Å². The van der Waals surface area contributed by atoms with Crippen molar-refractivity contribution in [3.05, 3.63) is 0 Å². The third-order valence-corrected chi connectivity index (χ3v) is 2.53. The minimum atomic E-state index is -1.40. The maximum absolute atomic E-state index is 11.1. The Hall–Kier alpha value is 0.0600. The summed E-state index contributed by atoms with van der Waals surface area (Å²) in [6, 6.07) is 0. The number of rotatable bonds is 5. The second-order valence-electron chi connectivity index (χ2n) is 3.60. The molecule has 0 bridgehead atoms. The Balaban J connectivity index is 3.38. The van der Waals surface area contributed by atoms with Gasteiger partial charge in [-0.25, -0.2) is 0 Å². The lowest BCUT2D eigenvalue weighted by atomic mass is 10.2. The van der Waals surface area contributed by atoms with Gasteiger partial charge in [0.2, 0.25) is 0 Å². The lowest BCUT2D eigenvalue weighted by Crippen LogP contribution is -1.99. The van der Waals surface area contributed by atoms with Crippen molar-refractivity contribution >= 4 is 8.03 Å². The summed E-state index contributed by atoms with van der Waals surface area (Å²) in [4.78, 5) is 0. The van der Waals surface area contributed by atoms with Gasteiger partial charge in [-0.1, -0.05) is 27.7 Å². The highest BCUT2D eigenvalue weighted by Crippen LogP contribution is 2.25. The van der Waals surface area contributed by atoms with Crippen molar-refractivity contribution in [2.24, 2.45) is 11.8 Å². The third kappa shape index (κ3) is 7.96. The molecule has 0 aliphatic heterocycles. The maximum Gasteiger partial charge on any atom is 0.508 e.